The molecule has 1 fully saturated rings. The number of amides is 1. The van der Waals surface area contributed by atoms with E-state index in [-0.39, 0.29) is 11.7 Å². The summed E-state index contributed by atoms with van der Waals surface area (Å²) >= 11 is 0. The van der Waals surface area contributed by atoms with Gasteiger partial charge in [-0.25, -0.2) is 0 Å². The number of rotatable bonds is 1. The van der Waals surface area contributed by atoms with E-state index < -0.39 is 0 Å². The van der Waals surface area contributed by atoms with Crippen molar-refractivity contribution in [2.24, 2.45) is 0 Å². The van der Waals surface area contributed by atoms with E-state index in [1.165, 1.54) is 0 Å². The molecule has 4 nitrogen and oxygen atoms in total. The molecule has 0 atom stereocenters. The third kappa shape index (κ3) is 3.78. The Morgan fingerprint density at radius 2 is 1.68 bits per heavy atom. The van der Waals surface area contributed by atoms with Crippen molar-refractivity contribution in [1.82, 2.24) is 4.90 Å². The summed E-state index contributed by atoms with van der Waals surface area (Å²) in [6.45, 7) is 7.00. The number of carbonyl (C=O) groups is 2. The van der Waals surface area contributed by atoms with Gasteiger partial charge in [0, 0.05) is 31.5 Å². The van der Waals surface area contributed by atoms with E-state index in [0.29, 0.717) is 37.1 Å². The molecular weight excluding hydrogens is 240 g/mol. The number of hydrogen-bond donors (Lipinski definition) is 0. The third-order valence-electron chi connectivity index (χ3n) is 2.87. The second-order valence-corrected chi connectivity index (χ2v) is 4.02. The van der Waals surface area contributed by atoms with Crippen molar-refractivity contribution in [3.05, 3.63) is 48.6 Å². The number of benzene rings is 1. The average Bonchev–Trinajstić information content (AvgIpc) is 2.49. The number of hydrogen-bond acceptors (Lipinski definition) is 3. The second kappa shape index (κ2) is 7.12. The summed E-state index contributed by atoms with van der Waals surface area (Å²) in [5, 5.41) is 8.66. The van der Waals surface area contributed by atoms with Crippen LogP contribution < -0.4 is 0 Å². The van der Waals surface area contributed by atoms with Gasteiger partial charge in [0.15, 0.2) is 0 Å². The minimum Gasteiger partial charge on any atom is -0.338 e. The number of ketones is 1. The number of piperidine rings is 1. The maximum atomic E-state index is 12.0. The number of likely N-dealkylation sites (tertiary alicyclic amines) is 1. The van der Waals surface area contributed by atoms with Crippen LogP contribution in [0.15, 0.2) is 37.4 Å². The van der Waals surface area contributed by atoms with Crippen LogP contribution >= 0.6 is 0 Å². The van der Waals surface area contributed by atoms with E-state index in [1.807, 2.05) is 6.07 Å². The van der Waals surface area contributed by atoms with Crippen LogP contribution in [0.2, 0.25) is 0 Å². The van der Waals surface area contributed by atoms with Crippen molar-refractivity contribution in [3.8, 4) is 6.07 Å². The fourth-order valence-electron chi connectivity index (χ4n) is 1.83. The highest BCUT2D eigenvalue weighted by Crippen LogP contribution is 2.12. The summed E-state index contributed by atoms with van der Waals surface area (Å²) in [7, 11) is 0. The van der Waals surface area contributed by atoms with Crippen molar-refractivity contribution < 1.29 is 9.59 Å². The zero-order valence-corrected chi connectivity index (χ0v) is 10.8. The van der Waals surface area contributed by atoms with Gasteiger partial charge in [-0.1, -0.05) is 0 Å². The largest absolute Gasteiger partial charge is 0.338 e. The van der Waals surface area contributed by atoms with Crippen LogP contribution in [0.4, 0.5) is 0 Å². The standard InChI is InChI=1S/C13H12N2O2.C2H4/c14-9-10-1-3-11(4-2-10)13(17)15-7-5-12(16)6-8-15;1-2/h1-4H,5-8H2;1-2H2. The normalized spacial score (nSPS) is 14.1. The molecule has 0 unspecified atom stereocenters. The van der Waals surface area contributed by atoms with Gasteiger partial charge < -0.3 is 4.90 Å². The first-order valence-electron chi connectivity index (χ1n) is 6.02. The molecule has 0 N–H and O–H groups in total. The zero-order chi connectivity index (χ0) is 14.3. The molecule has 0 radical (unpaired) electrons. The first kappa shape index (κ1) is 14.7. The number of carbonyl (C=O) groups excluding carboxylic acids is 2. The Morgan fingerprint density at radius 1 is 1.16 bits per heavy atom. The fraction of sp³-hybridized carbons (Fsp3) is 0.267. The lowest BCUT2D eigenvalue weighted by Gasteiger charge is -2.26. The maximum Gasteiger partial charge on any atom is 0.253 e. The smallest absolute Gasteiger partial charge is 0.253 e. The van der Waals surface area contributed by atoms with Crippen molar-refractivity contribution in [2.45, 2.75) is 12.8 Å². The Balaban J connectivity index is 0.000000861. The van der Waals surface area contributed by atoms with Crippen LogP contribution in [0.3, 0.4) is 0 Å². The van der Waals surface area contributed by atoms with E-state index in [9.17, 15) is 9.59 Å². The molecule has 19 heavy (non-hydrogen) atoms. The lowest BCUT2D eigenvalue weighted by molar-refractivity contribution is -0.120. The van der Waals surface area contributed by atoms with E-state index in [0.717, 1.165) is 0 Å². The van der Waals surface area contributed by atoms with Gasteiger partial charge in [0.25, 0.3) is 5.91 Å². The Labute approximate surface area is 113 Å². The quantitative estimate of drug-likeness (QED) is 0.723. The topological polar surface area (TPSA) is 61.2 Å². The summed E-state index contributed by atoms with van der Waals surface area (Å²) < 4.78 is 0. The monoisotopic (exact) mass is 256 g/mol. The molecule has 1 aromatic rings. The van der Waals surface area contributed by atoms with Gasteiger partial charge in [-0.2, -0.15) is 5.26 Å². The highest BCUT2D eigenvalue weighted by atomic mass is 16.2. The van der Waals surface area contributed by atoms with Gasteiger partial charge in [0.05, 0.1) is 11.6 Å². The fourth-order valence-corrected chi connectivity index (χ4v) is 1.83. The van der Waals surface area contributed by atoms with Gasteiger partial charge in [-0.05, 0) is 24.3 Å². The molecular formula is C15H16N2O2. The van der Waals surface area contributed by atoms with Gasteiger partial charge in [0.1, 0.15) is 5.78 Å². The molecule has 1 amide bonds. The zero-order valence-electron chi connectivity index (χ0n) is 10.8. The Kier molecular flexibility index (Phi) is 5.49. The molecule has 1 aliphatic heterocycles. The molecule has 2 rings (SSSR count). The second-order valence-electron chi connectivity index (χ2n) is 4.02. The van der Waals surface area contributed by atoms with Crippen molar-refractivity contribution in [2.75, 3.05) is 13.1 Å². The van der Waals surface area contributed by atoms with Crippen LogP contribution in [-0.4, -0.2) is 29.7 Å². The minimum atomic E-state index is -0.0676. The Morgan fingerprint density at radius 3 is 2.16 bits per heavy atom. The summed E-state index contributed by atoms with van der Waals surface area (Å²) in [4.78, 5) is 24.8. The molecule has 1 heterocycles. The van der Waals surface area contributed by atoms with Gasteiger partial charge in [0.2, 0.25) is 0 Å². The van der Waals surface area contributed by atoms with Crippen LogP contribution in [0, 0.1) is 11.3 Å². The van der Waals surface area contributed by atoms with Crippen molar-refractivity contribution in [3.63, 3.8) is 0 Å². The molecule has 1 aliphatic rings. The predicted molar refractivity (Wildman–Crippen MR) is 72.6 cm³/mol. The Bertz CT molecular complexity index is 490. The van der Waals surface area contributed by atoms with Crippen molar-refractivity contribution >= 4 is 11.7 Å². The predicted octanol–water partition coefficient (Wildman–Crippen LogP) is 2.17. The van der Waals surface area contributed by atoms with Gasteiger partial charge in [-0.15, -0.1) is 13.2 Å². The molecule has 0 aromatic heterocycles. The van der Waals surface area contributed by atoms with Crippen LogP contribution in [0.25, 0.3) is 0 Å². The average molecular weight is 256 g/mol. The molecule has 1 aromatic carbocycles. The summed E-state index contributed by atoms with van der Waals surface area (Å²) in [5.74, 6) is 0.149. The molecule has 0 saturated carbocycles. The van der Waals surface area contributed by atoms with E-state index in [1.54, 1.807) is 29.2 Å². The van der Waals surface area contributed by atoms with E-state index in [4.69, 9.17) is 5.26 Å². The molecule has 0 spiro atoms. The Hall–Kier alpha value is -2.41. The SMILES string of the molecule is C=C.N#Cc1ccc(C(=O)N2CCC(=O)CC2)cc1. The number of nitrogens with zero attached hydrogens (tertiary/aromatic N) is 2. The lowest BCUT2D eigenvalue weighted by Crippen LogP contribution is -2.38. The molecule has 0 bridgehead atoms. The first-order chi connectivity index (χ1) is 9.20. The molecule has 4 heteroatoms. The number of Topliss-reactive ketones (excluding diaryl/α,β-unsaturated/α-hetero) is 1. The summed E-state index contributed by atoms with van der Waals surface area (Å²) in [6, 6.07) is 8.56. The van der Waals surface area contributed by atoms with Gasteiger partial charge in [-0.3, -0.25) is 9.59 Å². The lowest BCUT2D eigenvalue weighted by atomic mass is 10.1. The molecule has 98 valence electrons. The number of nitriles is 1. The summed E-state index contributed by atoms with van der Waals surface area (Å²) in [5.41, 5.74) is 1.11. The highest BCUT2D eigenvalue weighted by molar-refractivity contribution is 5.95. The van der Waals surface area contributed by atoms with Crippen molar-refractivity contribution in [1.29, 1.82) is 5.26 Å². The molecule has 1 saturated heterocycles. The highest BCUT2D eigenvalue weighted by Gasteiger charge is 2.21. The third-order valence-corrected chi connectivity index (χ3v) is 2.87. The minimum absolute atomic E-state index is 0.0676. The van der Waals surface area contributed by atoms with Crippen LogP contribution in [0.1, 0.15) is 28.8 Å². The van der Waals surface area contributed by atoms with E-state index in [2.05, 4.69) is 13.2 Å². The van der Waals surface area contributed by atoms with Gasteiger partial charge >= 0.3 is 0 Å². The van der Waals surface area contributed by atoms with Crippen LogP contribution in [-0.2, 0) is 4.79 Å². The van der Waals surface area contributed by atoms with E-state index >= 15 is 0 Å². The first-order valence-corrected chi connectivity index (χ1v) is 6.02. The summed E-state index contributed by atoms with van der Waals surface area (Å²) in [6.07, 6.45) is 0.893. The van der Waals surface area contributed by atoms with Crippen LogP contribution in [0.5, 0.6) is 0 Å². The maximum absolute atomic E-state index is 12.0. The molecule has 0 aliphatic carbocycles.